The van der Waals surface area contributed by atoms with E-state index in [9.17, 15) is 14.4 Å². The van der Waals surface area contributed by atoms with Gasteiger partial charge in [-0.05, 0) is 77.9 Å². The number of esters is 2. The van der Waals surface area contributed by atoms with Crippen LogP contribution in [0.25, 0.3) is 11.8 Å². The molecule has 45 heavy (non-hydrogen) atoms. The lowest BCUT2D eigenvalue weighted by atomic mass is 9.93. The Labute approximate surface area is 275 Å². The molecule has 12 heteroatoms. The number of halogens is 1. The lowest BCUT2D eigenvalue weighted by molar-refractivity contribution is -0.139. The Bertz CT molecular complexity index is 2030. The molecule has 10 nitrogen and oxygen atoms in total. The highest BCUT2D eigenvalue weighted by Gasteiger charge is 2.36. The molecule has 230 valence electrons. The molecule has 0 fully saturated rings. The zero-order valence-electron chi connectivity index (χ0n) is 24.5. The molecule has 0 aliphatic carbocycles. The first kappa shape index (κ1) is 30.6. The summed E-state index contributed by atoms with van der Waals surface area (Å²) in [5.41, 5.74) is 2.32. The molecular formula is C33H27IN2O8S. The summed E-state index contributed by atoms with van der Waals surface area (Å²) < 4.78 is 30.4. The highest BCUT2D eigenvalue weighted by Crippen LogP contribution is 2.40. The molecule has 0 bridgehead atoms. The van der Waals surface area contributed by atoms with Gasteiger partial charge in [0.1, 0.15) is 0 Å². The van der Waals surface area contributed by atoms with Crippen molar-refractivity contribution in [2.24, 2.45) is 4.99 Å². The smallest absolute Gasteiger partial charge is 0.338 e. The van der Waals surface area contributed by atoms with Gasteiger partial charge in [0.15, 0.2) is 27.8 Å². The summed E-state index contributed by atoms with van der Waals surface area (Å²) in [6, 6.07) is 17.4. The van der Waals surface area contributed by atoms with Crippen LogP contribution in [0.2, 0.25) is 0 Å². The van der Waals surface area contributed by atoms with Gasteiger partial charge in [0.05, 0.1) is 38.6 Å². The second-order valence-corrected chi connectivity index (χ2v) is 12.1. The highest BCUT2D eigenvalue weighted by molar-refractivity contribution is 14.1. The number of carbonyl (C=O) groups excluding carboxylic acids is 2. The maximum atomic E-state index is 14.3. The van der Waals surface area contributed by atoms with Crippen molar-refractivity contribution in [1.29, 1.82) is 0 Å². The average Bonchev–Trinajstić information content (AvgIpc) is 3.62. The van der Waals surface area contributed by atoms with Crippen LogP contribution < -0.4 is 33.8 Å². The Morgan fingerprint density at radius 2 is 1.84 bits per heavy atom. The zero-order chi connectivity index (χ0) is 31.7. The van der Waals surface area contributed by atoms with Crippen LogP contribution in [0.15, 0.2) is 76.0 Å². The monoisotopic (exact) mass is 738 g/mol. The Morgan fingerprint density at radius 3 is 2.58 bits per heavy atom. The van der Waals surface area contributed by atoms with Gasteiger partial charge in [-0.2, -0.15) is 0 Å². The first-order valence-corrected chi connectivity index (χ1v) is 16.0. The van der Waals surface area contributed by atoms with Crippen LogP contribution >= 0.6 is 33.9 Å². The molecule has 2 aliphatic rings. The summed E-state index contributed by atoms with van der Waals surface area (Å²) in [6.45, 7) is 5.46. The van der Waals surface area contributed by atoms with Crippen molar-refractivity contribution in [1.82, 2.24) is 4.57 Å². The van der Waals surface area contributed by atoms with Crippen LogP contribution in [0, 0.1) is 3.57 Å². The standard InChI is InChI=1S/C33H27IN2O8S/c1-4-40-25-14-19(13-22(34)30(25)44-18(3)37)15-26-31(38)36-29(21-11-12-23-24(16-21)43-17-42-23)27(32(39)41-5-2)28(35-33(36)45-26)20-9-7-6-8-10-20/h6-16,29H,4-5,17H2,1-3H3/b26-15-/t29-/m0/s1. The first-order chi connectivity index (χ1) is 21.8. The molecule has 0 N–H and O–H groups in total. The summed E-state index contributed by atoms with van der Waals surface area (Å²) in [5, 5.41) is 0. The molecule has 1 aromatic heterocycles. The van der Waals surface area contributed by atoms with Crippen molar-refractivity contribution >= 4 is 57.6 Å². The number of fused-ring (bicyclic) bond motifs is 2. The molecule has 0 unspecified atom stereocenters. The zero-order valence-corrected chi connectivity index (χ0v) is 27.5. The van der Waals surface area contributed by atoms with Gasteiger partial charge in [0.25, 0.3) is 5.56 Å². The number of thiazole rings is 1. The van der Waals surface area contributed by atoms with E-state index in [1.165, 1.54) is 22.8 Å². The van der Waals surface area contributed by atoms with Crippen LogP contribution in [0.4, 0.5) is 0 Å². The van der Waals surface area contributed by atoms with E-state index in [-0.39, 0.29) is 24.5 Å². The van der Waals surface area contributed by atoms with E-state index in [1.54, 1.807) is 37.3 Å². The number of carbonyl (C=O) groups is 2. The Balaban J connectivity index is 1.60. The molecule has 3 aromatic carbocycles. The molecule has 0 spiro atoms. The fourth-order valence-corrected chi connectivity index (χ4v) is 6.90. The fourth-order valence-electron chi connectivity index (χ4n) is 5.17. The number of nitrogens with zero attached hydrogens (tertiary/aromatic N) is 2. The average molecular weight is 739 g/mol. The summed E-state index contributed by atoms with van der Waals surface area (Å²) in [7, 11) is 0. The molecule has 0 saturated heterocycles. The van der Waals surface area contributed by atoms with Crippen LogP contribution in [0.1, 0.15) is 43.5 Å². The second-order valence-electron chi connectivity index (χ2n) is 9.90. The van der Waals surface area contributed by atoms with Crippen molar-refractivity contribution in [2.45, 2.75) is 26.8 Å². The van der Waals surface area contributed by atoms with E-state index in [0.717, 1.165) is 0 Å². The third-order valence-corrected chi connectivity index (χ3v) is 8.75. The lowest BCUT2D eigenvalue weighted by Gasteiger charge is -2.26. The fraction of sp³-hybridized carbons (Fsp3) is 0.212. The molecule has 3 heterocycles. The van der Waals surface area contributed by atoms with Gasteiger partial charge >= 0.3 is 11.9 Å². The predicted octanol–water partition coefficient (Wildman–Crippen LogP) is 4.59. The van der Waals surface area contributed by atoms with E-state index in [0.29, 0.717) is 64.9 Å². The molecule has 0 radical (unpaired) electrons. The molecular weight excluding hydrogens is 711 g/mol. The minimum Gasteiger partial charge on any atom is -0.490 e. The topological polar surface area (TPSA) is 115 Å². The number of hydrogen-bond acceptors (Lipinski definition) is 10. The number of aromatic nitrogens is 1. The molecule has 1 atom stereocenters. The second kappa shape index (κ2) is 12.9. The quantitative estimate of drug-likeness (QED) is 0.147. The number of hydrogen-bond donors (Lipinski definition) is 0. The summed E-state index contributed by atoms with van der Waals surface area (Å²) in [5.74, 6) is 0.750. The van der Waals surface area contributed by atoms with Crippen molar-refractivity contribution in [2.75, 3.05) is 20.0 Å². The van der Waals surface area contributed by atoms with E-state index < -0.39 is 18.0 Å². The summed E-state index contributed by atoms with van der Waals surface area (Å²) >= 11 is 3.27. The van der Waals surface area contributed by atoms with Gasteiger partial charge in [-0.1, -0.05) is 47.7 Å². The Kier molecular flexibility index (Phi) is 8.76. The summed E-state index contributed by atoms with van der Waals surface area (Å²) in [6.07, 6.45) is 1.74. The number of benzene rings is 3. The number of rotatable bonds is 8. The maximum Gasteiger partial charge on any atom is 0.338 e. The third kappa shape index (κ3) is 5.99. The predicted molar refractivity (Wildman–Crippen MR) is 175 cm³/mol. The van der Waals surface area contributed by atoms with Crippen LogP contribution in [0.5, 0.6) is 23.0 Å². The largest absolute Gasteiger partial charge is 0.490 e. The van der Waals surface area contributed by atoms with Crippen molar-refractivity contribution < 1.29 is 33.3 Å². The molecule has 0 amide bonds. The van der Waals surface area contributed by atoms with E-state index >= 15 is 0 Å². The highest BCUT2D eigenvalue weighted by atomic mass is 127. The minimum atomic E-state index is -0.863. The Hall–Kier alpha value is -4.43. The summed E-state index contributed by atoms with van der Waals surface area (Å²) in [4.78, 5) is 45.0. The van der Waals surface area contributed by atoms with E-state index in [2.05, 4.69) is 22.6 Å². The number of ether oxygens (including phenoxy) is 5. The van der Waals surface area contributed by atoms with Gasteiger partial charge in [-0.15, -0.1) is 0 Å². The maximum absolute atomic E-state index is 14.3. The van der Waals surface area contributed by atoms with E-state index in [4.69, 9.17) is 28.7 Å². The first-order valence-electron chi connectivity index (χ1n) is 14.1. The molecule has 6 rings (SSSR count). The van der Waals surface area contributed by atoms with Crippen LogP contribution in [-0.4, -0.2) is 36.5 Å². The van der Waals surface area contributed by atoms with Gasteiger partial charge in [0, 0.05) is 12.5 Å². The normalized spacial score (nSPS) is 15.4. The van der Waals surface area contributed by atoms with Gasteiger partial charge in [-0.3, -0.25) is 14.2 Å². The van der Waals surface area contributed by atoms with Gasteiger partial charge < -0.3 is 23.7 Å². The lowest BCUT2D eigenvalue weighted by Crippen LogP contribution is -2.40. The van der Waals surface area contributed by atoms with Crippen molar-refractivity contribution in [3.63, 3.8) is 0 Å². The van der Waals surface area contributed by atoms with Gasteiger partial charge in [0.2, 0.25) is 6.79 Å². The van der Waals surface area contributed by atoms with Crippen molar-refractivity contribution in [3.8, 4) is 23.0 Å². The minimum absolute atomic E-state index is 0.0795. The molecule has 4 aromatic rings. The Morgan fingerprint density at radius 1 is 1.07 bits per heavy atom. The SMILES string of the molecule is CCOC(=O)C1=C(c2ccccc2)N=c2s/c(=C\c3cc(I)c(OC(C)=O)c(OCC)c3)c(=O)n2[C@H]1c1ccc2c(c1)OCO2. The van der Waals surface area contributed by atoms with Crippen LogP contribution in [0.3, 0.4) is 0 Å². The third-order valence-electron chi connectivity index (χ3n) is 6.96. The van der Waals surface area contributed by atoms with Crippen LogP contribution in [-0.2, 0) is 14.3 Å². The molecule has 2 aliphatic heterocycles. The van der Waals surface area contributed by atoms with E-state index in [1.807, 2.05) is 43.3 Å². The van der Waals surface area contributed by atoms with Gasteiger partial charge in [-0.25, -0.2) is 9.79 Å². The molecule has 0 saturated carbocycles. The van der Waals surface area contributed by atoms with Crippen molar-refractivity contribution in [3.05, 3.63) is 106 Å².